The number of hydrogen-bond acceptors (Lipinski definition) is 6. The molecule has 3 rings (SSSR count). The fourth-order valence-corrected chi connectivity index (χ4v) is 2.53. The summed E-state index contributed by atoms with van der Waals surface area (Å²) < 4.78 is 18.0. The van der Waals surface area contributed by atoms with E-state index in [-0.39, 0.29) is 5.02 Å². The Hall–Kier alpha value is -3.19. The molecule has 0 aliphatic heterocycles. The first-order valence-electron chi connectivity index (χ1n) is 7.98. The molecule has 27 heavy (non-hydrogen) atoms. The first kappa shape index (κ1) is 18.6. The maximum Gasteiger partial charge on any atom is 0.337 e. The molecule has 0 fully saturated rings. The van der Waals surface area contributed by atoms with Crippen LogP contribution >= 0.6 is 11.6 Å². The molecule has 8 heteroatoms. The molecule has 0 bridgehead atoms. The Kier molecular flexibility index (Phi) is 5.52. The third kappa shape index (κ3) is 4.71. The molecular formula is C19H16ClFN4O2. The number of halogens is 2. The van der Waals surface area contributed by atoms with E-state index in [2.05, 4.69) is 25.3 Å². The van der Waals surface area contributed by atoms with Gasteiger partial charge in [0.1, 0.15) is 11.6 Å². The molecule has 1 heterocycles. The summed E-state index contributed by atoms with van der Waals surface area (Å²) in [5.74, 6) is 0.00650. The van der Waals surface area contributed by atoms with Crippen LogP contribution in [-0.4, -0.2) is 23.0 Å². The summed E-state index contributed by atoms with van der Waals surface area (Å²) in [4.78, 5) is 20.2. The lowest BCUT2D eigenvalue weighted by atomic mass is 10.2. The van der Waals surface area contributed by atoms with E-state index in [0.717, 1.165) is 5.69 Å². The van der Waals surface area contributed by atoms with Crippen LogP contribution < -0.4 is 10.6 Å². The topological polar surface area (TPSA) is 76.1 Å². The Morgan fingerprint density at radius 2 is 1.74 bits per heavy atom. The number of ether oxygens (including phenoxy) is 1. The number of hydrogen-bond donors (Lipinski definition) is 2. The van der Waals surface area contributed by atoms with E-state index in [1.807, 2.05) is 6.92 Å². The predicted octanol–water partition coefficient (Wildman–Crippen LogP) is 4.85. The zero-order valence-corrected chi connectivity index (χ0v) is 15.3. The molecule has 3 aromatic rings. The van der Waals surface area contributed by atoms with E-state index in [1.165, 1.54) is 19.2 Å². The van der Waals surface area contributed by atoms with Crippen LogP contribution in [0.4, 0.5) is 27.5 Å². The maximum absolute atomic E-state index is 13.3. The van der Waals surface area contributed by atoms with E-state index in [4.69, 9.17) is 11.6 Å². The molecule has 0 aliphatic carbocycles. The second-order valence-electron chi connectivity index (χ2n) is 5.67. The quantitative estimate of drug-likeness (QED) is 0.610. The zero-order valence-electron chi connectivity index (χ0n) is 14.6. The number of carbonyl (C=O) groups is 1. The smallest absolute Gasteiger partial charge is 0.337 e. The number of aromatic nitrogens is 2. The highest BCUT2D eigenvalue weighted by Gasteiger charge is 2.07. The minimum Gasteiger partial charge on any atom is -0.465 e. The molecule has 2 aromatic carbocycles. The van der Waals surface area contributed by atoms with Crippen molar-refractivity contribution in [1.82, 2.24) is 9.97 Å². The van der Waals surface area contributed by atoms with Crippen molar-refractivity contribution in [3.63, 3.8) is 0 Å². The summed E-state index contributed by atoms with van der Waals surface area (Å²) >= 11 is 5.80. The molecule has 138 valence electrons. The summed E-state index contributed by atoms with van der Waals surface area (Å²) in [5, 5.41) is 6.17. The first-order chi connectivity index (χ1) is 12.9. The van der Waals surface area contributed by atoms with Crippen molar-refractivity contribution >= 4 is 40.7 Å². The average molecular weight is 387 g/mol. The lowest BCUT2D eigenvalue weighted by molar-refractivity contribution is 0.0601. The highest BCUT2D eigenvalue weighted by molar-refractivity contribution is 6.31. The van der Waals surface area contributed by atoms with Gasteiger partial charge >= 0.3 is 5.97 Å². The second kappa shape index (κ2) is 8.01. The molecule has 0 aliphatic rings. The third-order valence-electron chi connectivity index (χ3n) is 3.61. The van der Waals surface area contributed by atoms with Gasteiger partial charge < -0.3 is 15.4 Å². The van der Waals surface area contributed by atoms with E-state index in [1.54, 1.807) is 36.4 Å². The molecule has 6 nitrogen and oxygen atoms in total. The van der Waals surface area contributed by atoms with E-state index >= 15 is 0 Å². The number of carbonyl (C=O) groups excluding carboxylic acids is 1. The highest BCUT2D eigenvalue weighted by Crippen LogP contribution is 2.23. The van der Waals surface area contributed by atoms with Crippen LogP contribution in [-0.2, 0) is 4.74 Å². The van der Waals surface area contributed by atoms with Gasteiger partial charge in [0, 0.05) is 23.1 Å². The van der Waals surface area contributed by atoms with Crippen LogP contribution in [0.5, 0.6) is 0 Å². The molecule has 0 unspecified atom stereocenters. The second-order valence-corrected chi connectivity index (χ2v) is 6.07. The summed E-state index contributed by atoms with van der Waals surface area (Å²) in [5.41, 5.74) is 2.50. The van der Waals surface area contributed by atoms with Gasteiger partial charge in [-0.15, -0.1) is 0 Å². The van der Waals surface area contributed by atoms with Gasteiger partial charge in [-0.25, -0.2) is 14.2 Å². The van der Waals surface area contributed by atoms with Crippen LogP contribution in [0.25, 0.3) is 0 Å². The normalized spacial score (nSPS) is 10.4. The molecule has 0 atom stereocenters. The Morgan fingerprint density at radius 1 is 1.04 bits per heavy atom. The van der Waals surface area contributed by atoms with E-state index in [0.29, 0.717) is 28.7 Å². The number of nitrogens with one attached hydrogen (secondary N) is 2. The van der Waals surface area contributed by atoms with Gasteiger partial charge in [0.15, 0.2) is 0 Å². The molecule has 0 spiro atoms. The number of methoxy groups -OCH3 is 1. The fraction of sp³-hybridized carbons (Fsp3) is 0.105. The maximum atomic E-state index is 13.3. The van der Waals surface area contributed by atoms with Crippen LogP contribution in [0, 0.1) is 12.7 Å². The van der Waals surface area contributed by atoms with Gasteiger partial charge in [-0.1, -0.05) is 11.6 Å². The number of anilines is 4. The fourth-order valence-electron chi connectivity index (χ4n) is 2.35. The monoisotopic (exact) mass is 386 g/mol. The molecule has 0 saturated heterocycles. The molecule has 0 amide bonds. The summed E-state index contributed by atoms with van der Waals surface area (Å²) in [6.07, 6.45) is 0. The van der Waals surface area contributed by atoms with Crippen molar-refractivity contribution in [2.75, 3.05) is 17.7 Å². The summed E-state index contributed by atoms with van der Waals surface area (Å²) in [7, 11) is 1.33. The predicted molar refractivity (Wildman–Crippen MR) is 103 cm³/mol. The van der Waals surface area contributed by atoms with Gasteiger partial charge in [-0.2, -0.15) is 4.98 Å². The van der Waals surface area contributed by atoms with E-state index in [9.17, 15) is 9.18 Å². The summed E-state index contributed by atoms with van der Waals surface area (Å²) in [6.45, 7) is 1.83. The minimum atomic E-state index is -0.487. The van der Waals surface area contributed by atoms with Crippen molar-refractivity contribution in [2.24, 2.45) is 0 Å². The van der Waals surface area contributed by atoms with Crippen molar-refractivity contribution in [1.29, 1.82) is 0 Å². The minimum absolute atomic E-state index is 0.0230. The van der Waals surface area contributed by atoms with Gasteiger partial charge in [-0.05, 0) is 49.4 Å². The number of rotatable bonds is 5. The Bertz CT molecular complexity index is 980. The Morgan fingerprint density at radius 3 is 2.41 bits per heavy atom. The lowest BCUT2D eigenvalue weighted by Gasteiger charge is -2.10. The van der Waals surface area contributed by atoms with Crippen LogP contribution in [0.1, 0.15) is 16.1 Å². The van der Waals surface area contributed by atoms with Crippen molar-refractivity contribution in [3.05, 3.63) is 70.6 Å². The molecule has 0 saturated carbocycles. The highest BCUT2D eigenvalue weighted by atomic mass is 35.5. The standard InChI is InChI=1S/C19H16ClFN4O2/c1-11-9-17(23-14-7-8-16(21)15(20)10-14)25-19(22-11)24-13-5-3-12(4-6-13)18(26)27-2/h3-10H,1-2H3,(H2,22,23,24,25). The Balaban J connectivity index is 1.78. The molecule has 2 N–H and O–H groups in total. The van der Waals surface area contributed by atoms with Crippen molar-refractivity contribution in [2.45, 2.75) is 6.92 Å². The number of esters is 1. The van der Waals surface area contributed by atoms with Crippen LogP contribution in [0.15, 0.2) is 48.5 Å². The van der Waals surface area contributed by atoms with Gasteiger partial charge in [0.2, 0.25) is 5.95 Å². The first-order valence-corrected chi connectivity index (χ1v) is 8.35. The molecular weight excluding hydrogens is 371 g/mol. The van der Waals surface area contributed by atoms with Crippen molar-refractivity contribution in [3.8, 4) is 0 Å². The van der Waals surface area contributed by atoms with Gasteiger partial charge in [0.05, 0.1) is 17.7 Å². The molecule has 1 aromatic heterocycles. The number of benzene rings is 2. The molecule has 0 radical (unpaired) electrons. The van der Waals surface area contributed by atoms with E-state index < -0.39 is 11.8 Å². The lowest BCUT2D eigenvalue weighted by Crippen LogP contribution is -2.03. The Labute approximate surface area is 160 Å². The number of aryl methyl sites for hydroxylation is 1. The zero-order chi connectivity index (χ0) is 19.4. The van der Waals surface area contributed by atoms with Crippen LogP contribution in [0.2, 0.25) is 5.02 Å². The van der Waals surface area contributed by atoms with Crippen LogP contribution in [0.3, 0.4) is 0 Å². The van der Waals surface area contributed by atoms with Crippen molar-refractivity contribution < 1.29 is 13.9 Å². The largest absolute Gasteiger partial charge is 0.465 e. The third-order valence-corrected chi connectivity index (χ3v) is 3.90. The van der Waals surface area contributed by atoms with Gasteiger partial charge in [-0.3, -0.25) is 0 Å². The number of nitrogens with zero attached hydrogens (tertiary/aromatic N) is 2. The average Bonchev–Trinajstić information content (AvgIpc) is 2.64. The summed E-state index contributed by atoms with van der Waals surface area (Å²) in [6, 6.07) is 12.8. The SMILES string of the molecule is COC(=O)c1ccc(Nc2nc(C)cc(Nc3ccc(F)c(Cl)c3)n2)cc1. The van der Waals surface area contributed by atoms with Gasteiger partial charge in [0.25, 0.3) is 0 Å².